The van der Waals surface area contributed by atoms with Crippen LogP contribution in [0.5, 0.6) is 0 Å². The van der Waals surface area contributed by atoms with Gasteiger partial charge >= 0.3 is 0 Å². The SMILES string of the molecule is CCCCCC/C(C)=N\Nc1ccc(C(=O)[O-])cc1. The summed E-state index contributed by atoms with van der Waals surface area (Å²) >= 11 is 0. The number of carbonyl (C=O) groups is 1. The Bertz CT molecular complexity index is 424. The molecule has 0 aliphatic rings. The first-order valence-electron chi connectivity index (χ1n) is 6.74. The van der Waals surface area contributed by atoms with Crippen molar-refractivity contribution in [3.63, 3.8) is 0 Å². The van der Waals surface area contributed by atoms with E-state index in [-0.39, 0.29) is 5.56 Å². The highest BCUT2D eigenvalue weighted by molar-refractivity contribution is 5.86. The molecule has 0 aliphatic carbocycles. The fraction of sp³-hybridized carbons (Fsp3) is 0.467. The van der Waals surface area contributed by atoms with Gasteiger partial charge in [0.1, 0.15) is 0 Å². The van der Waals surface area contributed by atoms with Gasteiger partial charge < -0.3 is 9.90 Å². The Hall–Kier alpha value is -1.84. The first-order chi connectivity index (χ1) is 9.13. The summed E-state index contributed by atoms with van der Waals surface area (Å²) in [6.45, 7) is 4.19. The van der Waals surface area contributed by atoms with Crippen LogP contribution in [0.4, 0.5) is 5.69 Å². The minimum atomic E-state index is -1.16. The Morgan fingerprint density at radius 3 is 2.47 bits per heavy atom. The van der Waals surface area contributed by atoms with Crippen LogP contribution in [0, 0.1) is 0 Å². The molecule has 0 saturated carbocycles. The van der Waals surface area contributed by atoms with E-state index in [2.05, 4.69) is 17.5 Å². The molecule has 104 valence electrons. The molecule has 4 nitrogen and oxygen atoms in total. The summed E-state index contributed by atoms with van der Waals surface area (Å²) in [6, 6.07) is 6.37. The van der Waals surface area contributed by atoms with Crippen LogP contribution in [0.25, 0.3) is 0 Å². The van der Waals surface area contributed by atoms with Crippen LogP contribution in [0.15, 0.2) is 29.4 Å². The van der Waals surface area contributed by atoms with Crippen molar-refractivity contribution in [1.82, 2.24) is 0 Å². The summed E-state index contributed by atoms with van der Waals surface area (Å²) in [5.74, 6) is -1.16. The molecule has 0 amide bonds. The molecule has 0 spiro atoms. The molecule has 0 bridgehead atoms. The zero-order valence-electron chi connectivity index (χ0n) is 11.6. The molecule has 0 unspecified atom stereocenters. The van der Waals surface area contributed by atoms with Gasteiger partial charge in [0.05, 0.1) is 11.7 Å². The van der Waals surface area contributed by atoms with Crippen molar-refractivity contribution in [3.8, 4) is 0 Å². The van der Waals surface area contributed by atoms with Crippen molar-refractivity contribution < 1.29 is 9.90 Å². The zero-order chi connectivity index (χ0) is 14.1. The number of aromatic carboxylic acids is 1. The zero-order valence-corrected chi connectivity index (χ0v) is 11.6. The topological polar surface area (TPSA) is 64.5 Å². The Labute approximate surface area is 114 Å². The van der Waals surface area contributed by atoms with E-state index < -0.39 is 5.97 Å². The number of carboxylic acids is 1. The minimum absolute atomic E-state index is 0.172. The van der Waals surface area contributed by atoms with Gasteiger partial charge in [0.15, 0.2) is 0 Å². The maximum atomic E-state index is 10.6. The number of rotatable bonds is 8. The molecule has 0 saturated heterocycles. The van der Waals surface area contributed by atoms with Gasteiger partial charge in [0.25, 0.3) is 0 Å². The number of nitrogens with one attached hydrogen (secondary N) is 1. The Kier molecular flexibility index (Phi) is 6.64. The van der Waals surface area contributed by atoms with Crippen LogP contribution in [0.3, 0.4) is 0 Å². The molecule has 0 atom stereocenters. The lowest BCUT2D eigenvalue weighted by molar-refractivity contribution is -0.255. The van der Waals surface area contributed by atoms with Crippen molar-refractivity contribution in [1.29, 1.82) is 0 Å². The van der Waals surface area contributed by atoms with E-state index in [0.29, 0.717) is 0 Å². The summed E-state index contributed by atoms with van der Waals surface area (Å²) in [4.78, 5) is 10.6. The largest absolute Gasteiger partial charge is 0.545 e. The third-order valence-corrected chi connectivity index (χ3v) is 2.89. The molecular formula is C15H21N2O2-. The highest BCUT2D eigenvalue weighted by atomic mass is 16.4. The average Bonchev–Trinajstić information content (AvgIpc) is 2.42. The minimum Gasteiger partial charge on any atom is -0.545 e. The van der Waals surface area contributed by atoms with E-state index in [0.717, 1.165) is 24.2 Å². The van der Waals surface area contributed by atoms with E-state index in [1.54, 1.807) is 12.1 Å². The number of nitrogens with zero attached hydrogens (tertiary/aromatic N) is 1. The fourth-order valence-corrected chi connectivity index (χ4v) is 1.70. The van der Waals surface area contributed by atoms with E-state index in [1.165, 1.54) is 31.4 Å². The van der Waals surface area contributed by atoms with Crippen molar-refractivity contribution in [2.45, 2.75) is 46.0 Å². The predicted octanol–water partition coefficient (Wildman–Crippen LogP) is 2.81. The number of hydrogen-bond acceptors (Lipinski definition) is 4. The predicted molar refractivity (Wildman–Crippen MR) is 76.3 cm³/mol. The lowest BCUT2D eigenvalue weighted by atomic mass is 10.1. The summed E-state index contributed by atoms with van der Waals surface area (Å²) in [6.07, 6.45) is 5.90. The second-order valence-electron chi connectivity index (χ2n) is 4.63. The van der Waals surface area contributed by atoms with E-state index in [9.17, 15) is 9.90 Å². The second-order valence-corrected chi connectivity index (χ2v) is 4.63. The Morgan fingerprint density at radius 2 is 1.89 bits per heavy atom. The molecule has 1 N–H and O–H groups in total. The molecule has 0 fully saturated rings. The van der Waals surface area contributed by atoms with Gasteiger partial charge in [-0.05, 0) is 37.5 Å². The Morgan fingerprint density at radius 1 is 1.21 bits per heavy atom. The number of anilines is 1. The molecule has 1 aromatic rings. The number of hydrazone groups is 1. The van der Waals surface area contributed by atoms with Crippen LogP contribution < -0.4 is 10.5 Å². The smallest absolute Gasteiger partial charge is 0.0715 e. The van der Waals surface area contributed by atoms with Gasteiger partial charge in [-0.3, -0.25) is 5.43 Å². The normalized spacial score (nSPS) is 11.4. The van der Waals surface area contributed by atoms with Crippen LogP contribution in [-0.2, 0) is 0 Å². The number of hydrogen-bond donors (Lipinski definition) is 1. The van der Waals surface area contributed by atoms with Crippen molar-refractivity contribution >= 4 is 17.4 Å². The Balaban J connectivity index is 2.39. The van der Waals surface area contributed by atoms with Gasteiger partial charge in [0, 0.05) is 5.71 Å². The van der Waals surface area contributed by atoms with Crippen molar-refractivity contribution in [2.75, 3.05) is 5.43 Å². The number of carbonyl (C=O) groups excluding carboxylic acids is 1. The number of carboxylic acid groups (broad SMARTS) is 1. The summed E-state index contributed by atoms with van der Waals surface area (Å²) in [5.41, 5.74) is 4.93. The van der Waals surface area contributed by atoms with Crippen LogP contribution in [0.1, 0.15) is 56.3 Å². The fourth-order valence-electron chi connectivity index (χ4n) is 1.70. The highest BCUT2D eigenvalue weighted by Crippen LogP contribution is 2.09. The van der Waals surface area contributed by atoms with Gasteiger partial charge in [0.2, 0.25) is 0 Å². The number of unbranched alkanes of at least 4 members (excludes halogenated alkanes) is 3. The first-order valence-corrected chi connectivity index (χ1v) is 6.74. The van der Waals surface area contributed by atoms with Crippen LogP contribution in [-0.4, -0.2) is 11.7 Å². The van der Waals surface area contributed by atoms with Gasteiger partial charge in [-0.25, -0.2) is 0 Å². The standard InChI is InChI=1S/C15H22N2O2/c1-3-4-5-6-7-12(2)16-17-14-10-8-13(9-11-14)15(18)19/h8-11,17H,3-7H2,1-2H3,(H,18,19)/p-1/b16-12-. The highest BCUT2D eigenvalue weighted by Gasteiger charge is 1.95. The average molecular weight is 261 g/mol. The van der Waals surface area contributed by atoms with Gasteiger partial charge in [-0.15, -0.1) is 0 Å². The lowest BCUT2D eigenvalue weighted by Crippen LogP contribution is -2.21. The van der Waals surface area contributed by atoms with Crippen LogP contribution >= 0.6 is 0 Å². The van der Waals surface area contributed by atoms with Gasteiger partial charge in [-0.2, -0.15) is 5.10 Å². The van der Waals surface area contributed by atoms with E-state index >= 15 is 0 Å². The lowest BCUT2D eigenvalue weighted by Gasteiger charge is -2.05. The summed E-state index contributed by atoms with van der Waals surface area (Å²) in [5, 5.41) is 14.9. The second kappa shape index (κ2) is 8.29. The maximum absolute atomic E-state index is 10.6. The molecule has 4 heteroatoms. The van der Waals surface area contributed by atoms with Crippen LogP contribution in [0.2, 0.25) is 0 Å². The summed E-state index contributed by atoms with van der Waals surface area (Å²) < 4.78 is 0. The van der Waals surface area contributed by atoms with Gasteiger partial charge in [-0.1, -0.05) is 38.3 Å². The summed E-state index contributed by atoms with van der Waals surface area (Å²) in [7, 11) is 0. The molecule has 19 heavy (non-hydrogen) atoms. The molecule has 0 radical (unpaired) electrons. The molecular weight excluding hydrogens is 240 g/mol. The first kappa shape index (κ1) is 15.2. The van der Waals surface area contributed by atoms with E-state index in [1.807, 2.05) is 6.92 Å². The monoisotopic (exact) mass is 261 g/mol. The third-order valence-electron chi connectivity index (χ3n) is 2.89. The molecule has 1 rings (SSSR count). The van der Waals surface area contributed by atoms with Crippen molar-refractivity contribution in [2.24, 2.45) is 5.10 Å². The molecule has 0 aromatic heterocycles. The quantitative estimate of drug-likeness (QED) is 0.444. The van der Waals surface area contributed by atoms with E-state index in [4.69, 9.17) is 0 Å². The molecule has 0 heterocycles. The molecule has 1 aromatic carbocycles. The maximum Gasteiger partial charge on any atom is 0.0715 e. The third kappa shape index (κ3) is 6.04. The van der Waals surface area contributed by atoms with Crippen molar-refractivity contribution in [3.05, 3.63) is 29.8 Å². The molecule has 0 aliphatic heterocycles. The number of benzene rings is 1.